The molecule has 0 heterocycles. The molecule has 5 heteroatoms. The number of carbonyl (C=O) groups excluding carboxylic acids is 2. The van der Waals surface area contributed by atoms with Crippen molar-refractivity contribution in [3.63, 3.8) is 0 Å². The van der Waals surface area contributed by atoms with Crippen molar-refractivity contribution < 1.29 is 9.59 Å². The normalized spacial score (nSPS) is 15.5. The van der Waals surface area contributed by atoms with E-state index < -0.39 is 0 Å². The highest BCUT2D eigenvalue weighted by Gasteiger charge is 2.22. The fraction of sp³-hybridized carbons (Fsp3) is 0.556. The molecule has 2 rings (SSSR count). The van der Waals surface area contributed by atoms with E-state index in [2.05, 4.69) is 5.32 Å². The number of amides is 2. The molecule has 1 N–H and O–H groups in total. The monoisotopic (exact) mass is 317 g/mol. The van der Waals surface area contributed by atoms with Crippen LogP contribution >= 0.6 is 0 Å². The van der Waals surface area contributed by atoms with Crippen LogP contribution in [0.2, 0.25) is 0 Å². The van der Waals surface area contributed by atoms with Crippen LogP contribution in [0.1, 0.15) is 42.5 Å². The maximum absolute atomic E-state index is 12.4. The fourth-order valence-corrected chi connectivity index (χ4v) is 2.99. The third-order valence-corrected chi connectivity index (χ3v) is 4.34. The van der Waals surface area contributed by atoms with E-state index in [4.69, 9.17) is 0 Å². The Morgan fingerprint density at radius 1 is 1.13 bits per heavy atom. The topological polar surface area (TPSA) is 52.7 Å². The zero-order valence-electron chi connectivity index (χ0n) is 14.3. The number of hydrogen-bond acceptors (Lipinski definition) is 3. The summed E-state index contributed by atoms with van der Waals surface area (Å²) >= 11 is 0. The highest BCUT2D eigenvalue weighted by molar-refractivity contribution is 5.99. The van der Waals surface area contributed by atoms with E-state index in [1.807, 2.05) is 32.1 Å². The van der Waals surface area contributed by atoms with Crippen molar-refractivity contribution in [1.82, 2.24) is 9.80 Å². The third-order valence-electron chi connectivity index (χ3n) is 4.34. The zero-order chi connectivity index (χ0) is 16.8. The number of likely N-dealkylation sites (N-methyl/N-ethyl adjacent to an activating group) is 1. The summed E-state index contributed by atoms with van der Waals surface area (Å²) in [5, 5.41) is 2.91. The maximum atomic E-state index is 12.4. The van der Waals surface area contributed by atoms with Crippen LogP contribution in [0.5, 0.6) is 0 Å². The van der Waals surface area contributed by atoms with Gasteiger partial charge in [-0.05, 0) is 39.1 Å². The second-order valence-corrected chi connectivity index (χ2v) is 6.57. The summed E-state index contributed by atoms with van der Waals surface area (Å²) in [5.41, 5.74) is 1.29. The minimum atomic E-state index is -0.103. The van der Waals surface area contributed by atoms with Crippen LogP contribution in [0, 0.1) is 0 Å². The summed E-state index contributed by atoms with van der Waals surface area (Å²) in [4.78, 5) is 28.1. The molecule has 5 nitrogen and oxygen atoms in total. The molecule has 1 fully saturated rings. The number of benzene rings is 1. The van der Waals surface area contributed by atoms with Crippen LogP contribution in [-0.2, 0) is 0 Å². The predicted octanol–water partition coefficient (Wildman–Crippen LogP) is 3.23. The molecule has 2 amide bonds. The van der Waals surface area contributed by atoms with Gasteiger partial charge in [0, 0.05) is 24.3 Å². The molecule has 0 aliphatic heterocycles. The number of rotatable bonds is 5. The minimum Gasteiger partial charge on any atom is -0.325 e. The lowest BCUT2D eigenvalue weighted by atomic mass is 9.95. The van der Waals surface area contributed by atoms with E-state index in [0.717, 1.165) is 12.8 Å². The van der Waals surface area contributed by atoms with Crippen molar-refractivity contribution in [2.24, 2.45) is 0 Å². The minimum absolute atomic E-state index is 0.0479. The summed E-state index contributed by atoms with van der Waals surface area (Å²) in [5.74, 6) is 0.0479. The Kier molecular flexibility index (Phi) is 6.16. The number of carbonyl (C=O) groups is 2. The van der Waals surface area contributed by atoms with Gasteiger partial charge in [0.15, 0.2) is 5.78 Å². The highest BCUT2D eigenvalue weighted by atomic mass is 16.2. The average molecular weight is 317 g/mol. The SMILES string of the molecule is CN(C)CC(=O)c1cccc(NC(=O)N(C)C2CCCCC2)c1. The number of urea groups is 1. The van der Waals surface area contributed by atoms with Crippen LogP contribution in [0.25, 0.3) is 0 Å². The zero-order valence-corrected chi connectivity index (χ0v) is 14.3. The molecule has 0 aromatic heterocycles. The molecular weight excluding hydrogens is 290 g/mol. The number of ketones is 1. The molecule has 1 aliphatic carbocycles. The molecule has 126 valence electrons. The Labute approximate surface area is 138 Å². The van der Waals surface area contributed by atoms with E-state index in [1.54, 1.807) is 23.1 Å². The molecule has 0 unspecified atom stereocenters. The lowest BCUT2D eigenvalue weighted by molar-refractivity contribution is 0.0958. The molecule has 0 spiro atoms. The second kappa shape index (κ2) is 8.11. The number of Topliss-reactive ketones (excluding diaryl/α,β-unsaturated/α-hetero) is 1. The summed E-state index contributed by atoms with van der Waals surface area (Å²) in [6, 6.07) is 7.37. The van der Waals surface area contributed by atoms with Gasteiger partial charge < -0.3 is 15.1 Å². The van der Waals surface area contributed by atoms with Gasteiger partial charge in [0.25, 0.3) is 0 Å². The van der Waals surface area contributed by atoms with E-state index in [0.29, 0.717) is 23.8 Å². The average Bonchev–Trinajstić information content (AvgIpc) is 2.54. The highest BCUT2D eigenvalue weighted by Crippen LogP contribution is 2.22. The van der Waals surface area contributed by atoms with E-state index in [-0.39, 0.29) is 11.8 Å². The van der Waals surface area contributed by atoms with Crippen molar-refractivity contribution in [2.45, 2.75) is 38.1 Å². The molecular formula is C18H27N3O2. The second-order valence-electron chi connectivity index (χ2n) is 6.57. The fourth-order valence-electron chi connectivity index (χ4n) is 2.99. The lowest BCUT2D eigenvalue weighted by Gasteiger charge is -2.31. The van der Waals surface area contributed by atoms with E-state index >= 15 is 0 Å². The summed E-state index contributed by atoms with van der Waals surface area (Å²) < 4.78 is 0. The molecule has 0 bridgehead atoms. The van der Waals surface area contributed by atoms with E-state index in [9.17, 15) is 9.59 Å². The van der Waals surface area contributed by atoms with Gasteiger partial charge in [0.05, 0.1) is 6.54 Å². The first-order valence-corrected chi connectivity index (χ1v) is 8.29. The molecule has 0 radical (unpaired) electrons. The summed E-state index contributed by atoms with van der Waals surface area (Å²) in [6.45, 7) is 0.360. The van der Waals surface area contributed by atoms with Crippen molar-refractivity contribution in [2.75, 3.05) is 33.0 Å². The Bertz CT molecular complexity index is 551. The van der Waals surface area contributed by atoms with Crippen LogP contribution in [0.3, 0.4) is 0 Å². The third kappa shape index (κ3) is 5.06. The Morgan fingerprint density at radius 2 is 1.83 bits per heavy atom. The van der Waals surface area contributed by atoms with Crippen LogP contribution < -0.4 is 5.32 Å². The van der Waals surface area contributed by atoms with Gasteiger partial charge in [-0.2, -0.15) is 0 Å². The summed E-state index contributed by atoms with van der Waals surface area (Å²) in [6.07, 6.45) is 5.80. The first kappa shape index (κ1) is 17.5. The standard InChI is InChI=1S/C18H27N3O2/c1-20(2)13-17(22)14-8-7-9-15(12-14)19-18(23)21(3)16-10-5-4-6-11-16/h7-9,12,16H,4-6,10-11,13H2,1-3H3,(H,19,23). The van der Waals surface area contributed by atoms with Crippen molar-refractivity contribution in [3.05, 3.63) is 29.8 Å². The van der Waals surface area contributed by atoms with Crippen LogP contribution in [0.4, 0.5) is 10.5 Å². The molecule has 1 aliphatic rings. The van der Waals surface area contributed by atoms with Gasteiger partial charge >= 0.3 is 6.03 Å². The van der Waals surface area contributed by atoms with Gasteiger partial charge in [0.1, 0.15) is 0 Å². The van der Waals surface area contributed by atoms with Crippen molar-refractivity contribution >= 4 is 17.5 Å². The molecule has 0 atom stereocenters. The van der Waals surface area contributed by atoms with Crippen LogP contribution in [-0.4, -0.2) is 55.3 Å². The van der Waals surface area contributed by atoms with Crippen molar-refractivity contribution in [3.8, 4) is 0 Å². The molecule has 23 heavy (non-hydrogen) atoms. The van der Waals surface area contributed by atoms with E-state index in [1.165, 1.54) is 19.3 Å². The summed E-state index contributed by atoms with van der Waals surface area (Å²) in [7, 11) is 5.58. The maximum Gasteiger partial charge on any atom is 0.321 e. The van der Waals surface area contributed by atoms with Gasteiger partial charge in [-0.25, -0.2) is 4.79 Å². The quantitative estimate of drug-likeness (QED) is 0.848. The van der Waals surface area contributed by atoms with Gasteiger partial charge in [-0.15, -0.1) is 0 Å². The van der Waals surface area contributed by atoms with Gasteiger partial charge in [-0.1, -0.05) is 31.4 Å². The Morgan fingerprint density at radius 3 is 2.48 bits per heavy atom. The molecule has 1 aromatic rings. The lowest BCUT2D eigenvalue weighted by Crippen LogP contribution is -2.40. The molecule has 0 saturated heterocycles. The first-order chi connectivity index (χ1) is 11.0. The molecule has 1 aromatic carbocycles. The predicted molar refractivity (Wildman–Crippen MR) is 93.0 cm³/mol. The number of nitrogens with zero attached hydrogens (tertiary/aromatic N) is 2. The smallest absolute Gasteiger partial charge is 0.321 e. The number of nitrogens with one attached hydrogen (secondary N) is 1. The Hall–Kier alpha value is -1.88. The number of hydrogen-bond donors (Lipinski definition) is 1. The van der Waals surface area contributed by atoms with Gasteiger partial charge in [-0.3, -0.25) is 4.79 Å². The number of anilines is 1. The van der Waals surface area contributed by atoms with Gasteiger partial charge in [0.2, 0.25) is 0 Å². The largest absolute Gasteiger partial charge is 0.325 e. The molecule has 1 saturated carbocycles. The van der Waals surface area contributed by atoms with Crippen LogP contribution in [0.15, 0.2) is 24.3 Å². The van der Waals surface area contributed by atoms with Crippen molar-refractivity contribution in [1.29, 1.82) is 0 Å². The Balaban J connectivity index is 1.99. The first-order valence-electron chi connectivity index (χ1n) is 8.29.